The molecule has 100 valence electrons. The molecule has 1 amide bonds. The van der Waals surface area contributed by atoms with E-state index in [9.17, 15) is 4.79 Å². The number of carbonyl (C=O) groups is 1. The molecule has 0 aliphatic rings. The lowest BCUT2D eigenvalue weighted by Crippen LogP contribution is -2.32. The Kier molecular flexibility index (Phi) is 6.41. The van der Waals surface area contributed by atoms with Crippen LogP contribution in [-0.2, 0) is 0 Å². The number of nitrogens with one attached hydrogen (secondary N) is 1. The Labute approximate surface area is 118 Å². The summed E-state index contributed by atoms with van der Waals surface area (Å²) in [6.07, 6.45) is 3.43. The number of halogens is 1. The monoisotopic (exact) mass is 311 g/mol. The van der Waals surface area contributed by atoms with E-state index in [1.807, 2.05) is 24.3 Å². The van der Waals surface area contributed by atoms with E-state index in [1.54, 1.807) is 0 Å². The van der Waals surface area contributed by atoms with Crippen molar-refractivity contribution in [1.29, 1.82) is 0 Å². The summed E-state index contributed by atoms with van der Waals surface area (Å²) in [7, 11) is 0. The Hall–Kier alpha value is -0.830. The second-order valence-electron chi connectivity index (χ2n) is 5.21. The van der Waals surface area contributed by atoms with Gasteiger partial charge in [-0.1, -0.05) is 42.6 Å². The normalized spacial score (nSPS) is 12.5. The molecule has 3 heteroatoms. The van der Waals surface area contributed by atoms with Crippen LogP contribution >= 0.6 is 15.9 Å². The first-order valence-electron chi connectivity index (χ1n) is 6.55. The molecule has 0 heterocycles. The van der Waals surface area contributed by atoms with E-state index >= 15 is 0 Å². The van der Waals surface area contributed by atoms with Gasteiger partial charge in [-0.15, -0.1) is 0 Å². The third kappa shape index (κ3) is 5.67. The number of amides is 1. The molecule has 0 aromatic heterocycles. The number of hydrogen-bond donors (Lipinski definition) is 1. The SMILES string of the molecule is CC(C)CCC[C@H](C)NC(=O)c1ccc(Br)cc1. The van der Waals surface area contributed by atoms with E-state index < -0.39 is 0 Å². The summed E-state index contributed by atoms with van der Waals surface area (Å²) < 4.78 is 0.990. The van der Waals surface area contributed by atoms with Gasteiger partial charge in [0.05, 0.1) is 0 Å². The van der Waals surface area contributed by atoms with Crippen LogP contribution in [0, 0.1) is 5.92 Å². The Morgan fingerprint density at radius 2 is 1.78 bits per heavy atom. The molecular formula is C15H22BrNO. The Morgan fingerprint density at radius 1 is 1.17 bits per heavy atom. The molecule has 0 fully saturated rings. The zero-order valence-corrected chi connectivity index (χ0v) is 13.0. The van der Waals surface area contributed by atoms with Crippen LogP contribution in [0.3, 0.4) is 0 Å². The van der Waals surface area contributed by atoms with Crippen molar-refractivity contribution in [2.45, 2.75) is 46.1 Å². The molecule has 18 heavy (non-hydrogen) atoms. The lowest BCUT2D eigenvalue weighted by atomic mass is 10.0. The van der Waals surface area contributed by atoms with E-state index in [4.69, 9.17) is 0 Å². The smallest absolute Gasteiger partial charge is 0.251 e. The highest BCUT2D eigenvalue weighted by Gasteiger charge is 2.09. The minimum atomic E-state index is 0.0135. The zero-order valence-electron chi connectivity index (χ0n) is 11.4. The average molecular weight is 312 g/mol. The van der Waals surface area contributed by atoms with Gasteiger partial charge < -0.3 is 5.32 Å². The molecule has 1 N–H and O–H groups in total. The minimum absolute atomic E-state index is 0.0135. The van der Waals surface area contributed by atoms with Gasteiger partial charge in [0, 0.05) is 16.1 Å². The predicted octanol–water partition coefficient (Wildman–Crippen LogP) is 4.39. The quantitative estimate of drug-likeness (QED) is 0.829. The van der Waals surface area contributed by atoms with Gasteiger partial charge in [-0.05, 0) is 43.5 Å². The molecule has 0 saturated heterocycles. The van der Waals surface area contributed by atoms with Crippen LogP contribution in [0.4, 0.5) is 0 Å². The minimum Gasteiger partial charge on any atom is -0.350 e. The molecule has 0 radical (unpaired) electrons. The summed E-state index contributed by atoms with van der Waals surface area (Å²) in [5, 5.41) is 3.04. The van der Waals surface area contributed by atoms with Crippen molar-refractivity contribution >= 4 is 21.8 Å². The zero-order chi connectivity index (χ0) is 13.5. The maximum atomic E-state index is 11.9. The van der Waals surface area contributed by atoms with Crippen molar-refractivity contribution in [2.75, 3.05) is 0 Å². The van der Waals surface area contributed by atoms with E-state index in [0.29, 0.717) is 5.56 Å². The molecular weight excluding hydrogens is 290 g/mol. The lowest BCUT2D eigenvalue weighted by Gasteiger charge is -2.14. The first kappa shape index (κ1) is 15.2. The van der Waals surface area contributed by atoms with Crippen LogP contribution in [0.25, 0.3) is 0 Å². The van der Waals surface area contributed by atoms with Crippen molar-refractivity contribution in [1.82, 2.24) is 5.32 Å². The first-order chi connectivity index (χ1) is 8.49. The van der Waals surface area contributed by atoms with Gasteiger partial charge in [0.1, 0.15) is 0 Å². The molecule has 0 aliphatic heterocycles. The molecule has 0 saturated carbocycles. The van der Waals surface area contributed by atoms with Gasteiger partial charge >= 0.3 is 0 Å². The number of hydrogen-bond acceptors (Lipinski definition) is 1. The van der Waals surface area contributed by atoms with Gasteiger partial charge in [0.25, 0.3) is 5.91 Å². The summed E-state index contributed by atoms with van der Waals surface area (Å²) in [6, 6.07) is 7.68. The molecule has 1 aromatic rings. The Morgan fingerprint density at radius 3 is 2.33 bits per heavy atom. The molecule has 1 aromatic carbocycles. The van der Waals surface area contributed by atoms with Crippen molar-refractivity contribution in [2.24, 2.45) is 5.92 Å². The van der Waals surface area contributed by atoms with Gasteiger partial charge in [0.15, 0.2) is 0 Å². The predicted molar refractivity (Wildman–Crippen MR) is 79.8 cm³/mol. The van der Waals surface area contributed by atoms with Crippen molar-refractivity contribution in [3.8, 4) is 0 Å². The van der Waals surface area contributed by atoms with Crippen LogP contribution in [0.1, 0.15) is 50.4 Å². The van der Waals surface area contributed by atoms with E-state index in [2.05, 4.69) is 42.0 Å². The summed E-state index contributed by atoms with van der Waals surface area (Å²) in [5.41, 5.74) is 0.717. The molecule has 2 nitrogen and oxygen atoms in total. The largest absolute Gasteiger partial charge is 0.350 e. The fraction of sp³-hybridized carbons (Fsp3) is 0.533. The molecule has 0 unspecified atom stereocenters. The van der Waals surface area contributed by atoms with Crippen LogP contribution in [-0.4, -0.2) is 11.9 Å². The highest BCUT2D eigenvalue weighted by molar-refractivity contribution is 9.10. The summed E-state index contributed by atoms with van der Waals surface area (Å²) in [4.78, 5) is 11.9. The highest BCUT2D eigenvalue weighted by Crippen LogP contribution is 2.12. The van der Waals surface area contributed by atoms with Crippen LogP contribution in [0.5, 0.6) is 0 Å². The highest BCUT2D eigenvalue weighted by atomic mass is 79.9. The van der Waals surface area contributed by atoms with E-state index in [1.165, 1.54) is 12.8 Å². The summed E-state index contributed by atoms with van der Waals surface area (Å²) >= 11 is 3.36. The van der Waals surface area contributed by atoms with E-state index in [0.717, 1.165) is 16.8 Å². The molecule has 0 spiro atoms. The maximum absolute atomic E-state index is 11.9. The second-order valence-corrected chi connectivity index (χ2v) is 6.12. The van der Waals surface area contributed by atoms with Gasteiger partial charge in [0.2, 0.25) is 0 Å². The molecule has 0 bridgehead atoms. The molecule has 1 rings (SSSR count). The summed E-state index contributed by atoms with van der Waals surface area (Å²) in [5.74, 6) is 0.749. The van der Waals surface area contributed by atoms with Crippen molar-refractivity contribution in [3.63, 3.8) is 0 Å². The first-order valence-corrected chi connectivity index (χ1v) is 7.34. The fourth-order valence-electron chi connectivity index (χ4n) is 1.81. The number of carbonyl (C=O) groups excluding carboxylic acids is 1. The Balaban J connectivity index is 2.37. The maximum Gasteiger partial charge on any atom is 0.251 e. The van der Waals surface area contributed by atoms with Crippen molar-refractivity contribution < 1.29 is 4.79 Å². The van der Waals surface area contributed by atoms with Crippen LogP contribution < -0.4 is 5.32 Å². The third-order valence-corrected chi connectivity index (χ3v) is 3.43. The van der Waals surface area contributed by atoms with Crippen LogP contribution in [0.2, 0.25) is 0 Å². The topological polar surface area (TPSA) is 29.1 Å². The molecule has 1 atom stereocenters. The average Bonchev–Trinajstić information content (AvgIpc) is 2.29. The van der Waals surface area contributed by atoms with Crippen molar-refractivity contribution in [3.05, 3.63) is 34.3 Å². The number of benzene rings is 1. The summed E-state index contributed by atoms with van der Waals surface area (Å²) in [6.45, 7) is 6.52. The van der Waals surface area contributed by atoms with Crippen LogP contribution in [0.15, 0.2) is 28.7 Å². The third-order valence-electron chi connectivity index (χ3n) is 2.90. The standard InChI is InChI=1S/C15H22BrNO/c1-11(2)5-4-6-12(3)17-15(18)13-7-9-14(16)10-8-13/h7-12H,4-6H2,1-3H3,(H,17,18)/t12-/m0/s1. The number of rotatable bonds is 6. The molecule has 0 aliphatic carbocycles. The van der Waals surface area contributed by atoms with E-state index in [-0.39, 0.29) is 11.9 Å². The lowest BCUT2D eigenvalue weighted by molar-refractivity contribution is 0.0938. The van der Waals surface area contributed by atoms with Gasteiger partial charge in [-0.3, -0.25) is 4.79 Å². The Bertz CT molecular complexity index is 373. The second kappa shape index (κ2) is 7.57. The van der Waals surface area contributed by atoms with Gasteiger partial charge in [-0.2, -0.15) is 0 Å². The fourth-order valence-corrected chi connectivity index (χ4v) is 2.08. The van der Waals surface area contributed by atoms with Gasteiger partial charge in [-0.25, -0.2) is 0 Å².